The summed E-state index contributed by atoms with van der Waals surface area (Å²) in [5.41, 5.74) is 2.08. The Kier molecular flexibility index (Phi) is 9.12. The first-order valence-corrected chi connectivity index (χ1v) is 12.5. The molecule has 0 aliphatic heterocycles. The lowest BCUT2D eigenvalue weighted by molar-refractivity contribution is -0.124. The third kappa shape index (κ3) is 6.18. The number of anilines is 1. The summed E-state index contributed by atoms with van der Waals surface area (Å²) >= 11 is 1.65. The highest BCUT2D eigenvalue weighted by atomic mass is 32.1. The van der Waals surface area contributed by atoms with Gasteiger partial charge in [-0.1, -0.05) is 62.4 Å². The maximum absolute atomic E-state index is 13.4. The van der Waals surface area contributed by atoms with Crippen LogP contribution in [0.5, 0.6) is 0 Å². The molecular weight excluding hydrogens is 406 g/mol. The molecule has 4 nitrogen and oxygen atoms in total. The van der Waals surface area contributed by atoms with Crippen molar-refractivity contribution in [1.82, 2.24) is 0 Å². The zero-order valence-electron chi connectivity index (χ0n) is 19.4. The van der Waals surface area contributed by atoms with Crippen molar-refractivity contribution in [2.75, 3.05) is 18.6 Å². The summed E-state index contributed by atoms with van der Waals surface area (Å²) in [6.07, 6.45) is 7.63. The summed E-state index contributed by atoms with van der Waals surface area (Å²) in [6, 6.07) is 12.5. The first kappa shape index (κ1) is 24.0. The first-order chi connectivity index (χ1) is 15.0. The molecule has 31 heavy (non-hydrogen) atoms. The summed E-state index contributed by atoms with van der Waals surface area (Å²) in [5.74, 6) is 0.902. The van der Waals surface area contributed by atoms with E-state index in [0.717, 1.165) is 27.4 Å². The number of hydrogen-bond donors (Lipinski definition) is 0. The van der Waals surface area contributed by atoms with Crippen molar-refractivity contribution < 1.29 is 14.3 Å². The highest BCUT2D eigenvalue weighted by molar-refractivity contribution is 7.19. The molecule has 1 saturated carbocycles. The van der Waals surface area contributed by atoms with E-state index in [-0.39, 0.29) is 11.9 Å². The number of hydrogen-bond acceptors (Lipinski definition) is 4. The second kappa shape index (κ2) is 11.8. The highest BCUT2D eigenvalue weighted by Gasteiger charge is 2.29. The number of rotatable bonds is 10. The largest absolute Gasteiger partial charge is 0.352 e. The fraction of sp³-hybridized carbons (Fsp3) is 0.577. The normalized spacial score (nSPS) is 15.9. The number of ether oxygens (including phenoxy) is 2. The van der Waals surface area contributed by atoms with E-state index in [0.29, 0.717) is 18.9 Å². The van der Waals surface area contributed by atoms with Gasteiger partial charge in [0.05, 0.1) is 0 Å². The van der Waals surface area contributed by atoms with Crippen LogP contribution in [0.4, 0.5) is 5.00 Å². The third-order valence-electron chi connectivity index (χ3n) is 6.08. The number of nitrogens with zero attached hydrogens (tertiary/aromatic N) is 1. The van der Waals surface area contributed by atoms with E-state index in [1.54, 1.807) is 18.4 Å². The zero-order chi connectivity index (χ0) is 22.2. The molecule has 1 aromatic heterocycles. The Bertz CT molecular complexity index is 811. The maximum atomic E-state index is 13.4. The molecule has 0 spiro atoms. The van der Waals surface area contributed by atoms with Crippen LogP contribution in [0, 0.1) is 5.92 Å². The fourth-order valence-corrected chi connectivity index (χ4v) is 5.83. The Hall–Kier alpha value is -1.69. The molecule has 1 heterocycles. The molecule has 1 atom stereocenters. The Morgan fingerprint density at radius 2 is 1.87 bits per heavy atom. The molecule has 3 rings (SSSR count). The van der Waals surface area contributed by atoms with Crippen molar-refractivity contribution in [1.29, 1.82) is 0 Å². The zero-order valence-corrected chi connectivity index (χ0v) is 20.2. The number of methoxy groups -OCH3 is 1. The van der Waals surface area contributed by atoms with Gasteiger partial charge in [-0.15, -0.1) is 11.3 Å². The molecule has 1 amide bonds. The molecule has 0 saturated heterocycles. The average molecular weight is 444 g/mol. The number of benzene rings is 1. The van der Waals surface area contributed by atoms with E-state index in [1.807, 2.05) is 30.0 Å². The maximum Gasteiger partial charge on any atom is 0.227 e. The van der Waals surface area contributed by atoms with Crippen LogP contribution < -0.4 is 4.90 Å². The summed E-state index contributed by atoms with van der Waals surface area (Å²) < 4.78 is 11.6. The summed E-state index contributed by atoms with van der Waals surface area (Å²) in [6.45, 7) is 6.69. The van der Waals surface area contributed by atoms with Crippen molar-refractivity contribution >= 4 is 22.2 Å². The van der Waals surface area contributed by atoms with E-state index < -0.39 is 6.29 Å². The molecule has 0 N–H and O–H groups in total. The number of amides is 1. The van der Waals surface area contributed by atoms with Gasteiger partial charge in [0, 0.05) is 36.6 Å². The third-order valence-corrected chi connectivity index (χ3v) is 7.28. The molecule has 1 aliphatic carbocycles. The van der Waals surface area contributed by atoms with Crippen LogP contribution in [0.2, 0.25) is 0 Å². The minimum absolute atomic E-state index is 0.0685. The molecule has 1 fully saturated rings. The van der Waals surface area contributed by atoms with E-state index in [9.17, 15) is 4.79 Å². The lowest BCUT2D eigenvalue weighted by atomic mass is 9.86. The minimum atomic E-state index is -0.485. The first-order valence-electron chi connectivity index (χ1n) is 11.7. The molecule has 0 radical (unpaired) electrons. The topological polar surface area (TPSA) is 38.8 Å². The summed E-state index contributed by atoms with van der Waals surface area (Å²) in [4.78, 5) is 16.5. The SMILES string of the molecule is CCOC(OC)c1cc(-c2ccccc2)sc1N(C(=O)CCC1CCCCC1)C(C)C. The van der Waals surface area contributed by atoms with Gasteiger partial charge in [-0.05, 0) is 44.7 Å². The van der Waals surface area contributed by atoms with Crippen molar-refractivity contribution in [3.8, 4) is 10.4 Å². The second-order valence-electron chi connectivity index (χ2n) is 8.66. The molecule has 5 heteroatoms. The lowest BCUT2D eigenvalue weighted by Gasteiger charge is -2.29. The van der Waals surface area contributed by atoms with Crippen LogP contribution in [0.15, 0.2) is 36.4 Å². The van der Waals surface area contributed by atoms with E-state index in [2.05, 4.69) is 32.0 Å². The average Bonchev–Trinajstić information content (AvgIpc) is 3.21. The Balaban J connectivity index is 1.91. The lowest BCUT2D eigenvalue weighted by Crippen LogP contribution is -2.37. The predicted molar refractivity (Wildman–Crippen MR) is 130 cm³/mol. The Morgan fingerprint density at radius 3 is 2.48 bits per heavy atom. The van der Waals surface area contributed by atoms with Gasteiger partial charge in [0.1, 0.15) is 5.00 Å². The molecule has 0 bridgehead atoms. The van der Waals surface area contributed by atoms with Gasteiger partial charge in [0.2, 0.25) is 5.91 Å². The van der Waals surface area contributed by atoms with Crippen molar-refractivity contribution in [2.45, 2.75) is 78.0 Å². The van der Waals surface area contributed by atoms with Crippen LogP contribution in [-0.2, 0) is 14.3 Å². The van der Waals surface area contributed by atoms with E-state index in [1.165, 1.54) is 32.1 Å². The van der Waals surface area contributed by atoms with Gasteiger partial charge in [0.25, 0.3) is 0 Å². The summed E-state index contributed by atoms with van der Waals surface area (Å²) in [7, 11) is 1.66. The standard InChI is InChI=1S/C26H37NO3S/c1-5-30-26(29-4)22-18-23(21-14-10-7-11-15-21)31-25(22)27(19(2)3)24(28)17-16-20-12-8-6-9-13-20/h7,10-11,14-15,18-20,26H,5-6,8-9,12-13,16-17H2,1-4H3. The van der Waals surface area contributed by atoms with Crippen LogP contribution in [-0.4, -0.2) is 25.7 Å². The van der Waals surface area contributed by atoms with Crippen LogP contribution >= 0.6 is 11.3 Å². The van der Waals surface area contributed by atoms with Crippen molar-refractivity contribution in [2.24, 2.45) is 5.92 Å². The van der Waals surface area contributed by atoms with Gasteiger partial charge >= 0.3 is 0 Å². The van der Waals surface area contributed by atoms with Gasteiger partial charge in [-0.3, -0.25) is 4.79 Å². The van der Waals surface area contributed by atoms with Crippen molar-refractivity contribution in [3.05, 3.63) is 42.0 Å². The Morgan fingerprint density at radius 1 is 1.16 bits per heavy atom. The Labute approximate surface area is 191 Å². The molecule has 1 unspecified atom stereocenters. The monoisotopic (exact) mass is 443 g/mol. The summed E-state index contributed by atoms with van der Waals surface area (Å²) in [5, 5.41) is 0.947. The quantitative estimate of drug-likeness (QED) is 0.364. The molecule has 1 aromatic carbocycles. The van der Waals surface area contributed by atoms with E-state index >= 15 is 0 Å². The smallest absolute Gasteiger partial charge is 0.227 e. The van der Waals surface area contributed by atoms with Crippen LogP contribution in [0.25, 0.3) is 10.4 Å². The second-order valence-corrected chi connectivity index (χ2v) is 9.69. The number of carbonyl (C=O) groups is 1. The highest BCUT2D eigenvalue weighted by Crippen LogP contribution is 2.43. The van der Waals surface area contributed by atoms with Gasteiger partial charge in [-0.25, -0.2) is 0 Å². The van der Waals surface area contributed by atoms with Gasteiger partial charge in [0.15, 0.2) is 6.29 Å². The van der Waals surface area contributed by atoms with Gasteiger partial charge < -0.3 is 14.4 Å². The van der Waals surface area contributed by atoms with Crippen LogP contribution in [0.3, 0.4) is 0 Å². The van der Waals surface area contributed by atoms with E-state index in [4.69, 9.17) is 9.47 Å². The molecule has 170 valence electrons. The molecule has 1 aliphatic rings. The van der Waals surface area contributed by atoms with Crippen LogP contribution in [0.1, 0.15) is 77.6 Å². The van der Waals surface area contributed by atoms with Crippen molar-refractivity contribution in [3.63, 3.8) is 0 Å². The predicted octanol–water partition coefficient (Wildman–Crippen LogP) is 7.20. The number of thiophene rings is 1. The molecule has 2 aromatic rings. The molecular formula is C26H37NO3S. The van der Waals surface area contributed by atoms with Gasteiger partial charge in [-0.2, -0.15) is 0 Å². The minimum Gasteiger partial charge on any atom is -0.352 e. The number of carbonyl (C=O) groups excluding carboxylic acids is 1. The fourth-order valence-electron chi connectivity index (χ4n) is 4.49.